The van der Waals surface area contributed by atoms with Gasteiger partial charge < -0.3 is 9.47 Å². The molecule has 0 atom stereocenters. The number of hydrogen-bond donors (Lipinski definition) is 0. The second-order valence-corrected chi connectivity index (χ2v) is 4.01. The van der Waals surface area contributed by atoms with E-state index in [2.05, 4.69) is 0 Å². The van der Waals surface area contributed by atoms with Crippen LogP contribution in [0.4, 0.5) is 4.39 Å². The lowest BCUT2D eigenvalue weighted by molar-refractivity contribution is 0.00489. The van der Waals surface area contributed by atoms with E-state index in [1.165, 1.54) is 6.07 Å². The van der Waals surface area contributed by atoms with Crippen molar-refractivity contribution in [3.8, 4) is 5.75 Å². The maximum absolute atomic E-state index is 13.2. The molecule has 2 rings (SSSR count). The van der Waals surface area contributed by atoms with Crippen LogP contribution >= 0.6 is 0 Å². The van der Waals surface area contributed by atoms with E-state index in [-0.39, 0.29) is 12.6 Å². The highest BCUT2D eigenvalue weighted by Gasteiger charge is 2.00. The van der Waals surface area contributed by atoms with Gasteiger partial charge in [-0.25, -0.2) is 4.39 Å². The molecule has 2 aromatic carbocycles. The molecule has 0 aromatic heterocycles. The fraction of sp³-hybridized carbons (Fsp3) is 0.200. The third-order valence-electron chi connectivity index (χ3n) is 2.56. The summed E-state index contributed by atoms with van der Waals surface area (Å²) in [4.78, 5) is 0. The van der Waals surface area contributed by atoms with Crippen LogP contribution in [0.1, 0.15) is 11.1 Å². The van der Waals surface area contributed by atoms with Crippen molar-refractivity contribution in [1.82, 2.24) is 0 Å². The molecule has 0 N–H and O–H groups in total. The van der Waals surface area contributed by atoms with Crippen LogP contribution in [0.15, 0.2) is 48.5 Å². The summed E-state index contributed by atoms with van der Waals surface area (Å²) >= 11 is 0. The summed E-state index contributed by atoms with van der Waals surface area (Å²) in [6.45, 7) is 2.30. The van der Waals surface area contributed by atoms with Gasteiger partial charge in [-0.1, -0.05) is 36.4 Å². The second-order valence-electron chi connectivity index (χ2n) is 4.01. The van der Waals surface area contributed by atoms with Gasteiger partial charge in [-0.05, 0) is 24.1 Å². The Morgan fingerprint density at radius 2 is 1.83 bits per heavy atom. The molecule has 0 heterocycles. The zero-order valence-electron chi connectivity index (χ0n) is 10.2. The number of hydrogen-bond acceptors (Lipinski definition) is 2. The number of benzene rings is 2. The van der Waals surface area contributed by atoms with Gasteiger partial charge in [0.15, 0.2) is 6.79 Å². The Balaban J connectivity index is 1.77. The lowest BCUT2D eigenvalue weighted by atomic mass is 10.2. The second kappa shape index (κ2) is 6.17. The molecule has 0 unspecified atom stereocenters. The van der Waals surface area contributed by atoms with Crippen molar-refractivity contribution >= 4 is 0 Å². The van der Waals surface area contributed by atoms with Crippen LogP contribution in [-0.2, 0) is 11.3 Å². The highest BCUT2D eigenvalue weighted by atomic mass is 19.1. The van der Waals surface area contributed by atoms with Crippen molar-refractivity contribution in [2.75, 3.05) is 6.79 Å². The molecule has 0 radical (unpaired) electrons. The first-order valence-electron chi connectivity index (χ1n) is 5.76. The summed E-state index contributed by atoms with van der Waals surface area (Å²) in [5.41, 5.74) is 1.68. The summed E-state index contributed by atoms with van der Waals surface area (Å²) in [6.07, 6.45) is 0. The maximum Gasteiger partial charge on any atom is 0.189 e. The Morgan fingerprint density at radius 3 is 2.56 bits per heavy atom. The first-order valence-corrected chi connectivity index (χ1v) is 5.76. The van der Waals surface area contributed by atoms with E-state index in [9.17, 15) is 4.39 Å². The first-order chi connectivity index (χ1) is 8.75. The molecule has 0 saturated carbocycles. The molecule has 3 heteroatoms. The minimum absolute atomic E-state index is 0.109. The lowest BCUT2D eigenvalue weighted by Gasteiger charge is -2.08. The molecule has 0 aliphatic carbocycles. The summed E-state index contributed by atoms with van der Waals surface area (Å²) in [6, 6.07) is 14.6. The van der Waals surface area contributed by atoms with Crippen molar-refractivity contribution < 1.29 is 13.9 Å². The highest BCUT2D eigenvalue weighted by molar-refractivity contribution is 5.27. The standard InChI is InChI=1S/C15H15FO2/c1-12-7-8-14(9-15(12)16)18-11-17-10-13-5-3-2-4-6-13/h2-9H,10-11H2,1H3. The maximum atomic E-state index is 13.2. The lowest BCUT2D eigenvalue weighted by Crippen LogP contribution is -2.03. The zero-order valence-corrected chi connectivity index (χ0v) is 10.2. The van der Waals surface area contributed by atoms with Crippen molar-refractivity contribution in [1.29, 1.82) is 0 Å². The number of aryl methyl sites for hydroxylation is 1. The van der Waals surface area contributed by atoms with Gasteiger partial charge in [-0.15, -0.1) is 0 Å². The van der Waals surface area contributed by atoms with Crippen molar-refractivity contribution in [2.45, 2.75) is 13.5 Å². The molecule has 0 aliphatic rings. The molecule has 0 bridgehead atoms. The predicted octanol–water partition coefficient (Wildman–Crippen LogP) is 3.69. The van der Waals surface area contributed by atoms with Crippen molar-refractivity contribution in [3.05, 3.63) is 65.5 Å². The molecule has 0 amide bonds. The van der Waals surface area contributed by atoms with Gasteiger partial charge in [0.1, 0.15) is 11.6 Å². The summed E-state index contributed by atoms with van der Waals surface area (Å²) in [7, 11) is 0. The Kier molecular flexibility index (Phi) is 4.31. The van der Waals surface area contributed by atoms with E-state index >= 15 is 0 Å². The largest absolute Gasteiger partial charge is 0.467 e. The SMILES string of the molecule is Cc1ccc(OCOCc2ccccc2)cc1F. The summed E-state index contributed by atoms with van der Waals surface area (Å²) in [5.74, 6) is 0.210. The van der Waals surface area contributed by atoms with Crippen LogP contribution in [0.2, 0.25) is 0 Å². The first kappa shape index (κ1) is 12.6. The molecular weight excluding hydrogens is 231 g/mol. The molecular formula is C15H15FO2. The van der Waals surface area contributed by atoms with Crippen LogP contribution in [-0.4, -0.2) is 6.79 Å². The van der Waals surface area contributed by atoms with Crippen LogP contribution in [0.3, 0.4) is 0 Å². The van der Waals surface area contributed by atoms with E-state index in [4.69, 9.17) is 9.47 Å². The highest BCUT2D eigenvalue weighted by Crippen LogP contribution is 2.15. The average molecular weight is 246 g/mol. The number of halogens is 1. The Hall–Kier alpha value is -1.87. The van der Waals surface area contributed by atoms with Gasteiger partial charge in [0, 0.05) is 6.07 Å². The number of rotatable bonds is 5. The van der Waals surface area contributed by atoms with E-state index in [0.29, 0.717) is 17.9 Å². The van der Waals surface area contributed by atoms with Crippen LogP contribution < -0.4 is 4.74 Å². The Labute approximate surface area is 106 Å². The van der Waals surface area contributed by atoms with Gasteiger partial charge in [0.05, 0.1) is 6.61 Å². The van der Waals surface area contributed by atoms with E-state index in [0.717, 1.165) is 5.56 Å². The van der Waals surface area contributed by atoms with Crippen LogP contribution in [0.25, 0.3) is 0 Å². The van der Waals surface area contributed by atoms with Crippen LogP contribution in [0.5, 0.6) is 5.75 Å². The van der Waals surface area contributed by atoms with Crippen molar-refractivity contribution in [3.63, 3.8) is 0 Å². The third-order valence-corrected chi connectivity index (χ3v) is 2.56. The molecule has 0 fully saturated rings. The Morgan fingerprint density at radius 1 is 1.06 bits per heavy atom. The summed E-state index contributed by atoms with van der Waals surface area (Å²) in [5, 5.41) is 0. The fourth-order valence-electron chi connectivity index (χ4n) is 1.51. The quantitative estimate of drug-likeness (QED) is 0.591. The predicted molar refractivity (Wildman–Crippen MR) is 67.9 cm³/mol. The van der Waals surface area contributed by atoms with Crippen molar-refractivity contribution in [2.24, 2.45) is 0 Å². The van der Waals surface area contributed by atoms with E-state index < -0.39 is 0 Å². The van der Waals surface area contributed by atoms with Gasteiger partial charge in [0.2, 0.25) is 0 Å². The molecule has 2 aromatic rings. The molecule has 0 aliphatic heterocycles. The average Bonchev–Trinajstić information content (AvgIpc) is 2.40. The van der Waals surface area contributed by atoms with Gasteiger partial charge in [-0.3, -0.25) is 0 Å². The normalized spacial score (nSPS) is 10.3. The Bertz CT molecular complexity index is 497. The number of ether oxygens (including phenoxy) is 2. The fourth-order valence-corrected chi connectivity index (χ4v) is 1.51. The minimum Gasteiger partial charge on any atom is -0.467 e. The van der Waals surface area contributed by atoms with Crippen LogP contribution in [0, 0.1) is 12.7 Å². The molecule has 0 spiro atoms. The minimum atomic E-state index is -0.268. The van der Waals surface area contributed by atoms with Gasteiger partial charge >= 0.3 is 0 Å². The van der Waals surface area contributed by atoms with Gasteiger partial charge in [-0.2, -0.15) is 0 Å². The smallest absolute Gasteiger partial charge is 0.189 e. The van der Waals surface area contributed by atoms with E-state index in [1.807, 2.05) is 30.3 Å². The zero-order chi connectivity index (χ0) is 12.8. The third kappa shape index (κ3) is 3.57. The molecule has 94 valence electrons. The summed E-state index contributed by atoms with van der Waals surface area (Å²) < 4.78 is 23.9. The topological polar surface area (TPSA) is 18.5 Å². The molecule has 0 saturated heterocycles. The van der Waals surface area contributed by atoms with Gasteiger partial charge in [0.25, 0.3) is 0 Å². The van der Waals surface area contributed by atoms with E-state index in [1.54, 1.807) is 19.1 Å². The molecule has 18 heavy (non-hydrogen) atoms. The monoisotopic (exact) mass is 246 g/mol. The molecule has 2 nitrogen and oxygen atoms in total.